The van der Waals surface area contributed by atoms with Crippen LogP contribution >= 0.6 is 0 Å². The maximum absolute atomic E-state index is 11.8. The van der Waals surface area contributed by atoms with Gasteiger partial charge in [-0.25, -0.2) is 4.79 Å². The number of nitrogens with zero attached hydrogens (tertiary/aromatic N) is 1. The molecule has 2 bridgehead atoms. The average Bonchev–Trinajstić information content (AvgIpc) is 2.41. The number of ether oxygens (including phenoxy) is 1. The van der Waals surface area contributed by atoms with Gasteiger partial charge in [0.25, 0.3) is 6.21 Å². The zero-order valence-corrected chi connectivity index (χ0v) is 9.03. The lowest BCUT2D eigenvalue weighted by Crippen LogP contribution is -2.64. The fourth-order valence-electron chi connectivity index (χ4n) is 3.66. The lowest BCUT2D eigenvalue weighted by molar-refractivity contribution is -0.621. The smallest absolute Gasteiger partial charge is 0.401 e. The van der Waals surface area contributed by atoms with E-state index in [1.165, 1.54) is 0 Å². The van der Waals surface area contributed by atoms with Gasteiger partial charge in [0.05, 0.1) is 12.3 Å². The van der Waals surface area contributed by atoms with Gasteiger partial charge in [0.2, 0.25) is 0 Å². The third-order valence-corrected chi connectivity index (χ3v) is 4.74. The van der Waals surface area contributed by atoms with Crippen molar-refractivity contribution in [1.29, 1.82) is 0 Å². The van der Waals surface area contributed by atoms with E-state index < -0.39 is 11.7 Å². The number of fused-ring (bicyclic) bond motifs is 1. The standard InChI is InChI=1S/C11H15NO3/c1-10(2)7-3-4-11(8(10)5-7)12(14)6-9(13)15-11/h6-8H,3-5H2,1-2H3/t7-,8+,11+/m0/s1. The lowest BCUT2D eigenvalue weighted by Gasteiger charge is -2.60. The maximum atomic E-state index is 11.8. The van der Waals surface area contributed by atoms with Crippen molar-refractivity contribution < 1.29 is 14.3 Å². The van der Waals surface area contributed by atoms with Crippen LogP contribution in [0.1, 0.15) is 33.1 Å². The number of carbonyl (C=O) groups excluding carboxylic acids is 1. The fraction of sp³-hybridized carbons (Fsp3) is 0.818. The van der Waals surface area contributed by atoms with E-state index in [0.29, 0.717) is 12.3 Å². The first-order valence-corrected chi connectivity index (χ1v) is 5.51. The number of hydroxylamine groups is 1. The van der Waals surface area contributed by atoms with Crippen molar-refractivity contribution in [2.45, 2.75) is 38.8 Å². The van der Waals surface area contributed by atoms with E-state index in [9.17, 15) is 10.0 Å². The first kappa shape index (κ1) is 9.19. The highest BCUT2D eigenvalue weighted by molar-refractivity contribution is 6.22. The Hall–Kier alpha value is -1.06. The summed E-state index contributed by atoms with van der Waals surface area (Å²) in [5.41, 5.74) is -0.727. The van der Waals surface area contributed by atoms with Crippen LogP contribution in [0.15, 0.2) is 0 Å². The van der Waals surface area contributed by atoms with Crippen LogP contribution in [-0.4, -0.2) is 22.6 Å². The number of carbonyl (C=O) groups is 1. The van der Waals surface area contributed by atoms with Crippen LogP contribution in [0.2, 0.25) is 0 Å². The molecule has 0 aromatic carbocycles. The summed E-state index contributed by atoms with van der Waals surface area (Å²) in [7, 11) is 0. The molecule has 3 aliphatic carbocycles. The van der Waals surface area contributed by atoms with Gasteiger partial charge >= 0.3 is 11.7 Å². The van der Waals surface area contributed by atoms with Crippen LogP contribution in [0.25, 0.3) is 0 Å². The van der Waals surface area contributed by atoms with Gasteiger partial charge in [0.1, 0.15) is 0 Å². The number of hydrogen-bond acceptors (Lipinski definition) is 3. The third-order valence-electron chi connectivity index (χ3n) is 4.74. The summed E-state index contributed by atoms with van der Waals surface area (Å²) in [5, 5.41) is 11.8. The second-order valence-electron chi connectivity index (χ2n) is 5.57. The van der Waals surface area contributed by atoms with Crippen LogP contribution in [0.3, 0.4) is 0 Å². The first-order valence-electron chi connectivity index (χ1n) is 5.51. The van der Waals surface area contributed by atoms with E-state index in [2.05, 4.69) is 13.8 Å². The van der Waals surface area contributed by atoms with Crippen molar-refractivity contribution in [3.05, 3.63) is 5.21 Å². The highest BCUT2D eigenvalue weighted by Gasteiger charge is 2.69. The van der Waals surface area contributed by atoms with Gasteiger partial charge < -0.3 is 9.94 Å². The molecule has 1 spiro atoms. The summed E-state index contributed by atoms with van der Waals surface area (Å²) in [6.07, 6.45) is 3.75. The van der Waals surface area contributed by atoms with Gasteiger partial charge in [-0.3, -0.25) is 0 Å². The van der Waals surface area contributed by atoms with Crippen molar-refractivity contribution in [3.63, 3.8) is 0 Å². The monoisotopic (exact) mass is 209 g/mol. The molecule has 1 aliphatic heterocycles. The van der Waals surface area contributed by atoms with E-state index in [-0.39, 0.29) is 11.3 Å². The molecule has 4 heteroatoms. The molecule has 0 saturated heterocycles. The van der Waals surface area contributed by atoms with E-state index in [1.54, 1.807) is 0 Å². The average molecular weight is 209 g/mol. The molecule has 4 aliphatic rings. The van der Waals surface area contributed by atoms with Crippen LogP contribution in [0.5, 0.6) is 0 Å². The third kappa shape index (κ3) is 0.880. The predicted octanol–water partition coefficient (Wildman–Crippen LogP) is 1.28. The molecule has 3 fully saturated rings. The van der Waals surface area contributed by atoms with Crippen LogP contribution in [0.4, 0.5) is 0 Å². The number of hydrogen-bond donors (Lipinski definition) is 0. The summed E-state index contributed by atoms with van der Waals surface area (Å²) in [6, 6.07) is 0. The van der Waals surface area contributed by atoms with Gasteiger partial charge in [0, 0.05) is 0 Å². The highest BCUT2D eigenvalue weighted by Crippen LogP contribution is 2.64. The van der Waals surface area contributed by atoms with Crippen molar-refractivity contribution in [2.75, 3.05) is 0 Å². The minimum atomic E-state index is -0.866. The van der Waals surface area contributed by atoms with Gasteiger partial charge in [-0.05, 0) is 24.2 Å². The van der Waals surface area contributed by atoms with Crippen molar-refractivity contribution in [1.82, 2.24) is 0 Å². The Balaban J connectivity index is 2.01. The molecule has 0 aromatic heterocycles. The largest absolute Gasteiger partial charge is 0.621 e. The second kappa shape index (κ2) is 2.36. The van der Waals surface area contributed by atoms with Gasteiger partial charge in [-0.2, -0.15) is 4.74 Å². The summed E-state index contributed by atoms with van der Waals surface area (Å²) in [4.78, 5) is 11.2. The Morgan fingerprint density at radius 2 is 2.33 bits per heavy atom. The molecule has 4 nitrogen and oxygen atoms in total. The maximum Gasteiger partial charge on any atom is 0.401 e. The topological polar surface area (TPSA) is 52.4 Å². The molecule has 15 heavy (non-hydrogen) atoms. The molecule has 4 rings (SSSR count). The number of esters is 1. The summed E-state index contributed by atoms with van der Waals surface area (Å²) in [5.74, 6) is 0.413. The SMILES string of the molecule is CC1(C)[C@H]2CC[C@@]3(OC(=O)C=[N+]3[O-])[C@@H]1C2. The minimum Gasteiger partial charge on any atom is -0.621 e. The molecule has 82 valence electrons. The zero-order valence-electron chi connectivity index (χ0n) is 9.03. The predicted molar refractivity (Wildman–Crippen MR) is 53.1 cm³/mol. The second-order valence-corrected chi connectivity index (χ2v) is 5.57. The molecular formula is C11H15NO3. The highest BCUT2D eigenvalue weighted by atomic mass is 16.6. The summed E-state index contributed by atoms with van der Waals surface area (Å²) < 4.78 is 6.07. The van der Waals surface area contributed by atoms with E-state index in [0.717, 1.165) is 23.8 Å². The Morgan fingerprint density at radius 1 is 1.60 bits per heavy atom. The van der Waals surface area contributed by atoms with Crippen LogP contribution in [-0.2, 0) is 9.53 Å². The molecule has 0 aromatic rings. The Bertz CT molecular complexity index is 372. The van der Waals surface area contributed by atoms with Gasteiger partial charge in [0.15, 0.2) is 0 Å². The summed E-state index contributed by atoms with van der Waals surface area (Å²) >= 11 is 0. The Labute approximate surface area is 88.5 Å². The van der Waals surface area contributed by atoms with Gasteiger partial charge in [-0.1, -0.05) is 13.8 Å². The van der Waals surface area contributed by atoms with Crippen LogP contribution in [0, 0.1) is 22.5 Å². The molecular weight excluding hydrogens is 194 g/mol. The Morgan fingerprint density at radius 3 is 2.80 bits per heavy atom. The molecule has 0 N–H and O–H groups in total. The molecule has 3 saturated carbocycles. The molecule has 3 atom stereocenters. The molecule has 0 radical (unpaired) electrons. The number of rotatable bonds is 0. The van der Waals surface area contributed by atoms with Gasteiger partial charge in [-0.15, -0.1) is 0 Å². The molecule has 0 amide bonds. The van der Waals surface area contributed by atoms with Crippen molar-refractivity contribution >= 4 is 12.2 Å². The fourth-order valence-corrected chi connectivity index (χ4v) is 3.66. The van der Waals surface area contributed by atoms with E-state index in [1.807, 2.05) is 0 Å². The zero-order chi connectivity index (χ0) is 10.8. The summed E-state index contributed by atoms with van der Waals surface area (Å²) in [6.45, 7) is 4.35. The van der Waals surface area contributed by atoms with Crippen LogP contribution < -0.4 is 0 Å². The van der Waals surface area contributed by atoms with Crippen molar-refractivity contribution in [2.24, 2.45) is 17.3 Å². The van der Waals surface area contributed by atoms with E-state index >= 15 is 0 Å². The normalized spacial score (nSPS) is 46.0. The first-order chi connectivity index (χ1) is 6.97. The minimum absolute atomic E-state index is 0.138. The Kier molecular flexibility index (Phi) is 1.45. The lowest BCUT2D eigenvalue weighted by atomic mass is 9.46. The van der Waals surface area contributed by atoms with E-state index in [4.69, 9.17) is 4.74 Å². The van der Waals surface area contributed by atoms with Crippen molar-refractivity contribution in [3.8, 4) is 0 Å². The molecule has 0 unspecified atom stereocenters. The quantitative estimate of drug-likeness (QED) is 0.343. The molecule has 1 heterocycles.